The second-order valence-corrected chi connectivity index (χ2v) is 5.42. The van der Waals surface area contributed by atoms with Crippen molar-refractivity contribution in [2.45, 2.75) is 32.7 Å². The second kappa shape index (κ2) is 7.24. The van der Waals surface area contributed by atoms with Crippen molar-refractivity contribution in [2.75, 3.05) is 19.7 Å². The Labute approximate surface area is 129 Å². The predicted molar refractivity (Wildman–Crippen MR) is 80.2 cm³/mol. The molecule has 0 bridgehead atoms. The molecule has 1 unspecified atom stereocenters. The highest BCUT2D eigenvalue weighted by Gasteiger charge is 2.26. The number of piperidine rings is 1. The topological polar surface area (TPSA) is 58.6 Å². The van der Waals surface area contributed by atoms with E-state index < -0.39 is 6.09 Å². The summed E-state index contributed by atoms with van der Waals surface area (Å²) >= 11 is 0. The Morgan fingerprint density at radius 2 is 2.23 bits per heavy atom. The third kappa shape index (κ3) is 3.96. The van der Waals surface area contributed by atoms with Gasteiger partial charge in [-0.25, -0.2) is 9.18 Å². The van der Waals surface area contributed by atoms with Crippen LogP contribution in [0.1, 0.15) is 35.7 Å². The van der Waals surface area contributed by atoms with Gasteiger partial charge in [-0.2, -0.15) is 0 Å². The number of likely N-dealkylation sites (tertiary alicyclic amines) is 1. The average Bonchev–Trinajstić information content (AvgIpc) is 2.50. The van der Waals surface area contributed by atoms with Crippen LogP contribution in [-0.2, 0) is 4.74 Å². The Morgan fingerprint density at radius 1 is 1.45 bits per heavy atom. The lowest BCUT2D eigenvalue weighted by atomic mass is 10.0. The SMILES string of the molecule is CCOC(=O)NC1CCCN(C(=O)c2ccc(C)c(F)c2)C1. The highest BCUT2D eigenvalue weighted by molar-refractivity contribution is 5.94. The smallest absolute Gasteiger partial charge is 0.407 e. The number of rotatable bonds is 3. The van der Waals surface area contributed by atoms with Gasteiger partial charge >= 0.3 is 6.09 Å². The summed E-state index contributed by atoms with van der Waals surface area (Å²) in [7, 11) is 0. The molecule has 5 nitrogen and oxygen atoms in total. The average molecular weight is 308 g/mol. The Hall–Kier alpha value is -2.11. The fourth-order valence-electron chi connectivity index (χ4n) is 2.53. The summed E-state index contributed by atoms with van der Waals surface area (Å²) < 4.78 is 18.4. The van der Waals surface area contributed by atoms with Crippen LogP contribution in [0.3, 0.4) is 0 Å². The minimum absolute atomic E-state index is 0.132. The van der Waals surface area contributed by atoms with Gasteiger partial charge in [0.05, 0.1) is 6.61 Å². The predicted octanol–water partition coefficient (Wildman–Crippen LogP) is 2.48. The maximum absolute atomic E-state index is 13.6. The van der Waals surface area contributed by atoms with Gasteiger partial charge in [0.2, 0.25) is 0 Å². The molecule has 0 aromatic heterocycles. The lowest BCUT2D eigenvalue weighted by Crippen LogP contribution is -2.49. The van der Waals surface area contributed by atoms with E-state index in [2.05, 4.69) is 5.32 Å². The lowest BCUT2D eigenvalue weighted by Gasteiger charge is -2.33. The van der Waals surface area contributed by atoms with Crippen LogP contribution in [0.2, 0.25) is 0 Å². The van der Waals surface area contributed by atoms with Crippen LogP contribution >= 0.6 is 0 Å². The van der Waals surface area contributed by atoms with Gasteiger partial charge in [0.25, 0.3) is 5.91 Å². The lowest BCUT2D eigenvalue weighted by molar-refractivity contribution is 0.0685. The van der Waals surface area contributed by atoms with Crippen LogP contribution in [0.5, 0.6) is 0 Å². The van der Waals surface area contributed by atoms with Crippen LogP contribution in [0.4, 0.5) is 9.18 Å². The molecule has 1 atom stereocenters. The fourth-order valence-corrected chi connectivity index (χ4v) is 2.53. The van der Waals surface area contributed by atoms with E-state index in [-0.39, 0.29) is 17.8 Å². The summed E-state index contributed by atoms with van der Waals surface area (Å²) in [5, 5.41) is 2.75. The Bertz CT molecular complexity index is 562. The van der Waals surface area contributed by atoms with E-state index >= 15 is 0 Å². The van der Waals surface area contributed by atoms with Crippen molar-refractivity contribution in [1.29, 1.82) is 0 Å². The van der Waals surface area contributed by atoms with Crippen LogP contribution < -0.4 is 5.32 Å². The molecule has 1 heterocycles. The first-order valence-electron chi connectivity index (χ1n) is 7.50. The Morgan fingerprint density at radius 3 is 2.91 bits per heavy atom. The molecule has 22 heavy (non-hydrogen) atoms. The molecule has 0 spiro atoms. The molecule has 1 aromatic carbocycles. The van der Waals surface area contributed by atoms with Crippen molar-refractivity contribution in [1.82, 2.24) is 10.2 Å². The van der Waals surface area contributed by atoms with Crippen molar-refractivity contribution in [3.05, 3.63) is 35.1 Å². The van der Waals surface area contributed by atoms with E-state index in [1.165, 1.54) is 6.07 Å². The molecular formula is C16H21FN2O3. The molecule has 0 radical (unpaired) electrons. The first kappa shape index (κ1) is 16.3. The summed E-state index contributed by atoms with van der Waals surface area (Å²) in [6.07, 6.45) is 1.12. The molecule has 0 aliphatic carbocycles. The number of nitrogens with zero attached hydrogens (tertiary/aromatic N) is 1. The molecule has 0 saturated carbocycles. The highest BCUT2D eigenvalue weighted by atomic mass is 19.1. The number of benzene rings is 1. The van der Waals surface area contributed by atoms with Gasteiger partial charge in [-0.1, -0.05) is 6.07 Å². The Balaban J connectivity index is 2.00. The zero-order valence-corrected chi connectivity index (χ0v) is 12.9. The molecule has 1 fully saturated rings. The maximum atomic E-state index is 13.6. The monoisotopic (exact) mass is 308 g/mol. The van der Waals surface area contributed by atoms with Gasteiger partial charge in [-0.15, -0.1) is 0 Å². The minimum atomic E-state index is -0.469. The van der Waals surface area contributed by atoms with Crippen molar-refractivity contribution in [2.24, 2.45) is 0 Å². The van der Waals surface area contributed by atoms with Crippen molar-refractivity contribution >= 4 is 12.0 Å². The minimum Gasteiger partial charge on any atom is -0.450 e. The van der Waals surface area contributed by atoms with E-state index in [9.17, 15) is 14.0 Å². The van der Waals surface area contributed by atoms with Gasteiger partial charge in [-0.05, 0) is 44.4 Å². The van der Waals surface area contributed by atoms with Gasteiger partial charge in [0.1, 0.15) is 5.82 Å². The van der Waals surface area contributed by atoms with Gasteiger partial charge in [-0.3, -0.25) is 4.79 Å². The number of amides is 2. The second-order valence-electron chi connectivity index (χ2n) is 5.42. The molecule has 2 amide bonds. The van der Waals surface area contributed by atoms with Crippen molar-refractivity contribution < 1.29 is 18.7 Å². The fraction of sp³-hybridized carbons (Fsp3) is 0.500. The highest BCUT2D eigenvalue weighted by Crippen LogP contribution is 2.16. The summed E-state index contributed by atoms with van der Waals surface area (Å²) in [5.41, 5.74) is 0.844. The van der Waals surface area contributed by atoms with Gasteiger partial charge < -0.3 is 15.0 Å². The van der Waals surface area contributed by atoms with Gasteiger partial charge in [0, 0.05) is 24.7 Å². The van der Waals surface area contributed by atoms with Crippen molar-refractivity contribution in [3.8, 4) is 0 Å². The molecule has 1 saturated heterocycles. The summed E-state index contributed by atoms with van der Waals surface area (Å²) in [5.74, 6) is -0.599. The van der Waals surface area contributed by atoms with Gasteiger partial charge in [0.15, 0.2) is 0 Å². The molecular weight excluding hydrogens is 287 g/mol. The van der Waals surface area contributed by atoms with E-state index in [4.69, 9.17) is 4.74 Å². The molecule has 1 aromatic rings. The van der Waals surface area contributed by atoms with Crippen LogP contribution in [-0.4, -0.2) is 42.6 Å². The number of ether oxygens (including phenoxy) is 1. The Kier molecular flexibility index (Phi) is 5.35. The molecule has 1 N–H and O–H groups in total. The first-order valence-corrected chi connectivity index (χ1v) is 7.50. The van der Waals surface area contributed by atoms with Crippen molar-refractivity contribution in [3.63, 3.8) is 0 Å². The molecule has 6 heteroatoms. The van der Waals surface area contributed by atoms with E-state index in [1.54, 1.807) is 30.9 Å². The number of carbonyl (C=O) groups excluding carboxylic acids is 2. The molecule has 2 rings (SSSR count). The maximum Gasteiger partial charge on any atom is 0.407 e. The number of nitrogens with one attached hydrogen (secondary N) is 1. The summed E-state index contributed by atoms with van der Waals surface area (Å²) in [4.78, 5) is 25.5. The largest absolute Gasteiger partial charge is 0.450 e. The normalized spacial score (nSPS) is 18.0. The first-order chi connectivity index (χ1) is 10.5. The van der Waals surface area contributed by atoms with Crippen LogP contribution in [0.15, 0.2) is 18.2 Å². The molecule has 1 aliphatic heterocycles. The van der Waals surface area contributed by atoms with E-state index in [0.29, 0.717) is 30.8 Å². The number of aryl methyl sites for hydroxylation is 1. The molecule has 1 aliphatic rings. The third-order valence-corrected chi connectivity index (χ3v) is 3.72. The number of halogens is 1. The summed E-state index contributed by atoms with van der Waals surface area (Å²) in [6.45, 7) is 4.72. The zero-order chi connectivity index (χ0) is 16.1. The quantitative estimate of drug-likeness (QED) is 0.933. The standard InChI is InChI=1S/C16H21FN2O3/c1-3-22-16(21)18-13-5-4-8-19(10-13)15(20)12-7-6-11(2)14(17)9-12/h6-7,9,13H,3-5,8,10H2,1-2H3,(H,18,21). The number of alkyl carbamates (subject to hydrolysis) is 1. The zero-order valence-electron chi connectivity index (χ0n) is 12.9. The van der Waals surface area contributed by atoms with E-state index in [0.717, 1.165) is 12.8 Å². The molecule has 120 valence electrons. The van der Waals surface area contributed by atoms with Crippen LogP contribution in [0.25, 0.3) is 0 Å². The number of carbonyl (C=O) groups is 2. The summed E-state index contributed by atoms with van der Waals surface area (Å²) in [6, 6.07) is 4.36. The van der Waals surface area contributed by atoms with Crippen LogP contribution in [0, 0.1) is 12.7 Å². The van der Waals surface area contributed by atoms with E-state index in [1.807, 2.05) is 0 Å². The number of hydrogen-bond donors (Lipinski definition) is 1. The number of hydrogen-bond acceptors (Lipinski definition) is 3. The third-order valence-electron chi connectivity index (χ3n) is 3.72.